The number of carbonyl (C=O) groups excluding carboxylic acids is 2. The lowest BCUT2D eigenvalue weighted by Crippen LogP contribution is -2.20. The minimum absolute atomic E-state index is 0.00164. The van der Waals surface area contributed by atoms with Gasteiger partial charge in [0.2, 0.25) is 5.88 Å². The van der Waals surface area contributed by atoms with Gasteiger partial charge in [-0.3, -0.25) is 10.1 Å². The van der Waals surface area contributed by atoms with Crippen molar-refractivity contribution in [1.29, 1.82) is 0 Å². The van der Waals surface area contributed by atoms with E-state index in [4.69, 9.17) is 14.0 Å². The Kier molecular flexibility index (Phi) is 5.88. The summed E-state index contributed by atoms with van der Waals surface area (Å²) < 4.78 is 43.3. The number of nitrogens with one attached hydrogen (secondary N) is 1. The number of hydrogen-bond acceptors (Lipinski definition) is 7. The highest BCUT2D eigenvalue weighted by atomic mass is 19.3. The zero-order valence-electron chi connectivity index (χ0n) is 13.2. The van der Waals surface area contributed by atoms with E-state index in [0.717, 1.165) is 12.1 Å². The van der Waals surface area contributed by atoms with Gasteiger partial charge < -0.3 is 18.7 Å². The fraction of sp³-hybridized carbons (Fsp3) is 0.267. The molecule has 0 atom stereocenters. The maximum Gasteiger partial charge on any atom is 0.387 e. The summed E-state index contributed by atoms with van der Waals surface area (Å²) >= 11 is 0. The van der Waals surface area contributed by atoms with Crippen molar-refractivity contribution in [2.45, 2.75) is 13.5 Å². The number of rotatable bonds is 7. The summed E-state index contributed by atoms with van der Waals surface area (Å²) in [6, 6.07) is 5.00. The van der Waals surface area contributed by atoms with Crippen LogP contribution < -0.4 is 14.8 Å². The minimum atomic E-state index is -3.03. The van der Waals surface area contributed by atoms with Gasteiger partial charge in [0.25, 0.3) is 5.91 Å². The van der Waals surface area contributed by atoms with E-state index >= 15 is 0 Å². The summed E-state index contributed by atoms with van der Waals surface area (Å²) in [7, 11) is 1.23. The number of carbonyl (C=O) groups is 2. The first-order valence-electron chi connectivity index (χ1n) is 6.92. The summed E-state index contributed by atoms with van der Waals surface area (Å²) in [4.78, 5) is 23.6. The number of aromatic nitrogens is 1. The third-order valence-electron chi connectivity index (χ3n) is 2.84. The van der Waals surface area contributed by atoms with E-state index in [2.05, 4.69) is 15.2 Å². The third-order valence-corrected chi connectivity index (χ3v) is 2.84. The molecule has 10 heteroatoms. The number of aryl methyl sites for hydroxylation is 1. The lowest BCUT2D eigenvalue weighted by Gasteiger charge is -2.11. The summed E-state index contributed by atoms with van der Waals surface area (Å²) in [6.45, 7) is -1.93. The molecule has 2 rings (SSSR count). The number of alkyl halides is 2. The van der Waals surface area contributed by atoms with Gasteiger partial charge in [-0.15, -0.1) is 0 Å². The Morgan fingerprint density at radius 2 is 2.04 bits per heavy atom. The van der Waals surface area contributed by atoms with Crippen molar-refractivity contribution in [2.24, 2.45) is 0 Å². The van der Waals surface area contributed by atoms with Crippen LogP contribution in [0.1, 0.15) is 16.1 Å². The Bertz CT molecular complexity index is 762. The molecule has 1 aromatic carbocycles. The number of benzene rings is 1. The largest absolute Gasteiger partial charge is 0.493 e. The van der Waals surface area contributed by atoms with E-state index in [1.54, 1.807) is 6.92 Å². The summed E-state index contributed by atoms with van der Waals surface area (Å²) in [6.07, 6.45) is 0. The van der Waals surface area contributed by atoms with Crippen molar-refractivity contribution in [3.63, 3.8) is 0 Å². The second-order valence-electron chi connectivity index (χ2n) is 4.70. The van der Waals surface area contributed by atoms with Gasteiger partial charge in [0.05, 0.1) is 18.4 Å². The van der Waals surface area contributed by atoms with E-state index < -0.39 is 25.1 Å². The number of halogens is 2. The molecular formula is C15H14F2N2O6. The SMILES string of the molecule is COc1cc(C(=O)OCC(=O)Nc2cc(C)no2)ccc1OC(F)F. The standard InChI is InChI=1S/C15H14F2N2O6/c1-8-5-13(25-19-8)18-12(20)7-23-14(21)9-3-4-10(24-15(16)17)11(6-9)22-2/h3-6,15H,7H2,1-2H3,(H,18,20). The van der Waals surface area contributed by atoms with Gasteiger partial charge in [0, 0.05) is 6.07 Å². The fourth-order valence-electron chi connectivity index (χ4n) is 1.80. The minimum Gasteiger partial charge on any atom is -0.493 e. The van der Waals surface area contributed by atoms with Crippen LogP contribution >= 0.6 is 0 Å². The molecule has 0 radical (unpaired) electrons. The molecule has 1 N–H and O–H groups in total. The molecule has 0 aliphatic carbocycles. The monoisotopic (exact) mass is 356 g/mol. The average Bonchev–Trinajstić information content (AvgIpc) is 2.97. The molecule has 8 nitrogen and oxygen atoms in total. The molecule has 25 heavy (non-hydrogen) atoms. The lowest BCUT2D eigenvalue weighted by molar-refractivity contribution is -0.119. The highest BCUT2D eigenvalue weighted by Gasteiger charge is 2.16. The van der Waals surface area contributed by atoms with Gasteiger partial charge in [-0.1, -0.05) is 5.16 Å². The highest BCUT2D eigenvalue weighted by Crippen LogP contribution is 2.29. The first-order valence-corrected chi connectivity index (χ1v) is 6.92. The summed E-state index contributed by atoms with van der Waals surface area (Å²) in [5, 5.41) is 5.93. The van der Waals surface area contributed by atoms with Crippen LogP contribution in [0.4, 0.5) is 14.7 Å². The highest BCUT2D eigenvalue weighted by molar-refractivity contribution is 5.95. The Morgan fingerprint density at radius 1 is 1.28 bits per heavy atom. The third kappa shape index (κ3) is 5.16. The van der Waals surface area contributed by atoms with Gasteiger partial charge >= 0.3 is 12.6 Å². The van der Waals surface area contributed by atoms with E-state index in [-0.39, 0.29) is 22.9 Å². The number of hydrogen-bond donors (Lipinski definition) is 1. The second kappa shape index (κ2) is 8.08. The van der Waals surface area contributed by atoms with E-state index in [9.17, 15) is 18.4 Å². The Hall–Kier alpha value is -3.17. The van der Waals surface area contributed by atoms with Gasteiger partial charge in [-0.05, 0) is 25.1 Å². The Labute approximate surface area is 140 Å². The molecule has 1 amide bonds. The average molecular weight is 356 g/mol. The Morgan fingerprint density at radius 3 is 2.64 bits per heavy atom. The molecule has 0 saturated heterocycles. The van der Waals surface area contributed by atoms with E-state index in [1.165, 1.54) is 19.2 Å². The molecule has 0 aliphatic heterocycles. The maximum atomic E-state index is 12.3. The quantitative estimate of drug-likeness (QED) is 0.760. The first kappa shape index (κ1) is 18.2. The molecule has 2 aromatic rings. The maximum absolute atomic E-state index is 12.3. The molecule has 1 aromatic heterocycles. The van der Waals surface area contributed by atoms with Crippen molar-refractivity contribution >= 4 is 17.8 Å². The predicted molar refractivity (Wildman–Crippen MR) is 79.8 cm³/mol. The van der Waals surface area contributed by atoms with Crippen molar-refractivity contribution in [3.05, 3.63) is 35.5 Å². The van der Waals surface area contributed by atoms with Gasteiger partial charge in [-0.25, -0.2) is 4.79 Å². The zero-order valence-corrected chi connectivity index (χ0v) is 13.2. The molecule has 0 saturated carbocycles. The van der Waals surface area contributed by atoms with Crippen molar-refractivity contribution in [2.75, 3.05) is 19.0 Å². The second-order valence-corrected chi connectivity index (χ2v) is 4.70. The molecular weight excluding hydrogens is 342 g/mol. The van der Waals surface area contributed by atoms with Crippen LogP contribution in [0.5, 0.6) is 11.5 Å². The van der Waals surface area contributed by atoms with Crippen molar-refractivity contribution in [3.8, 4) is 11.5 Å². The fourth-order valence-corrected chi connectivity index (χ4v) is 1.80. The number of anilines is 1. The van der Waals surface area contributed by atoms with Crippen molar-refractivity contribution < 1.29 is 37.1 Å². The first-order chi connectivity index (χ1) is 11.9. The number of esters is 1. The van der Waals surface area contributed by atoms with Crippen LogP contribution in [0, 0.1) is 6.92 Å². The molecule has 0 bridgehead atoms. The normalized spacial score (nSPS) is 10.4. The lowest BCUT2D eigenvalue weighted by atomic mass is 10.2. The van der Waals surface area contributed by atoms with Crippen LogP contribution in [-0.4, -0.2) is 37.4 Å². The molecule has 0 unspecified atom stereocenters. The van der Waals surface area contributed by atoms with E-state index in [1.807, 2.05) is 0 Å². The number of ether oxygens (including phenoxy) is 3. The van der Waals surface area contributed by atoms with Crippen LogP contribution in [0.3, 0.4) is 0 Å². The predicted octanol–water partition coefficient (Wildman–Crippen LogP) is 2.39. The van der Waals surface area contributed by atoms with Crippen LogP contribution in [0.15, 0.2) is 28.8 Å². The summed E-state index contributed by atoms with van der Waals surface area (Å²) in [5.74, 6) is -1.66. The van der Waals surface area contributed by atoms with Crippen LogP contribution in [0.2, 0.25) is 0 Å². The van der Waals surface area contributed by atoms with Gasteiger partial charge in [-0.2, -0.15) is 8.78 Å². The molecule has 1 heterocycles. The molecule has 0 fully saturated rings. The number of methoxy groups -OCH3 is 1. The van der Waals surface area contributed by atoms with Gasteiger partial charge in [0.15, 0.2) is 18.1 Å². The Balaban J connectivity index is 1.94. The summed E-state index contributed by atoms with van der Waals surface area (Å²) in [5.41, 5.74) is 0.576. The molecule has 0 spiro atoms. The molecule has 134 valence electrons. The zero-order chi connectivity index (χ0) is 18.4. The van der Waals surface area contributed by atoms with Gasteiger partial charge in [0.1, 0.15) is 0 Å². The number of amides is 1. The van der Waals surface area contributed by atoms with Crippen LogP contribution in [0.25, 0.3) is 0 Å². The smallest absolute Gasteiger partial charge is 0.387 e. The van der Waals surface area contributed by atoms with Crippen LogP contribution in [-0.2, 0) is 9.53 Å². The van der Waals surface area contributed by atoms with Crippen molar-refractivity contribution in [1.82, 2.24) is 5.16 Å². The molecule has 0 aliphatic rings. The number of nitrogens with zero attached hydrogens (tertiary/aromatic N) is 1. The topological polar surface area (TPSA) is 99.9 Å². The van der Waals surface area contributed by atoms with E-state index in [0.29, 0.717) is 5.69 Å².